The smallest absolute Gasteiger partial charge is 0.338 e. The van der Waals surface area contributed by atoms with Gasteiger partial charge in [-0.2, -0.15) is 0 Å². The molecule has 0 unspecified atom stereocenters. The van der Waals surface area contributed by atoms with Gasteiger partial charge in [-0.3, -0.25) is 9.59 Å². The quantitative estimate of drug-likeness (QED) is 0.0519. The molecule has 1 aliphatic rings. The van der Waals surface area contributed by atoms with Gasteiger partial charge in [-0.05, 0) is 71.8 Å². The first-order valence-electron chi connectivity index (χ1n) is 20.3. The Hall–Kier alpha value is -7.28. The molecule has 0 saturated carbocycles. The first-order chi connectivity index (χ1) is 31.1. The summed E-state index contributed by atoms with van der Waals surface area (Å²) in [4.78, 5) is 68.5. The Labute approximate surface area is 374 Å². The lowest BCUT2D eigenvalue weighted by Crippen LogP contribution is -2.62. The molecule has 1 fully saturated rings. The summed E-state index contributed by atoms with van der Waals surface area (Å²) < 4.78 is 42.5. The van der Waals surface area contributed by atoms with Gasteiger partial charge in [0.15, 0.2) is 11.9 Å². The van der Waals surface area contributed by atoms with E-state index in [1.165, 1.54) is 31.2 Å². The number of ketones is 1. The van der Waals surface area contributed by atoms with Gasteiger partial charge in [0.1, 0.15) is 30.8 Å². The molecule has 6 aromatic rings. The Bertz CT molecular complexity index is 2550. The molecule has 0 amide bonds. The highest BCUT2D eigenvalue weighted by Gasteiger charge is 2.55. The molecular weight excluding hydrogens is 840 g/mol. The van der Waals surface area contributed by atoms with Crippen molar-refractivity contribution in [2.24, 2.45) is 5.92 Å². The molecule has 0 bridgehead atoms. The minimum atomic E-state index is -1.66. The largest absolute Gasteiger partial charge is 0.497 e. The normalized spacial score (nSPS) is 17.9. The predicted molar refractivity (Wildman–Crippen MR) is 234 cm³/mol. The molecule has 13 heteroatoms. The van der Waals surface area contributed by atoms with Crippen LogP contribution < -0.4 is 9.47 Å². The van der Waals surface area contributed by atoms with E-state index in [1.54, 1.807) is 128 Å². The Kier molecular flexibility index (Phi) is 14.8. The Morgan fingerprint density at radius 2 is 1.11 bits per heavy atom. The van der Waals surface area contributed by atoms with E-state index in [0.717, 1.165) is 5.56 Å². The van der Waals surface area contributed by atoms with Crippen LogP contribution in [0.15, 0.2) is 158 Å². The van der Waals surface area contributed by atoms with Crippen LogP contribution in [0.1, 0.15) is 65.0 Å². The minimum absolute atomic E-state index is 0.122. The van der Waals surface area contributed by atoms with Gasteiger partial charge in [-0.15, -0.1) is 0 Å². The van der Waals surface area contributed by atoms with E-state index in [0.29, 0.717) is 16.9 Å². The molecule has 0 aliphatic carbocycles. The summed E-state index contributed by atoms with van der Waals surface area (Å²) in [7, 11) is 1.56. The third-order valence-corrected chi connectivity index (χ3v) is 10.7. The van der Waals surface area contributed by atoms with E-state index in [4.69, 9.17) is 44.8 Å². The number of halogens is 1. The van der Waals surface area contributed by atoms with Crippen LogP contribution in [0.4, 0.5) is 0 Å². The van der Waals surface area contributed by atoms with Gasteiger partial charge < -0.3 is 33.2 Å². The summed E-state index contributed by atoms with van der Waals surface area (Å²) >= 11 is 7.00. The lowest BCUT2D eigenvalue weighted by atomic mass is 9.82. The van der Waals surface area contributed by atoms with Gasteiger partial charge in [0.25, 0.3) is 0 Å². The van der Waals surface area contributed by atoms with E-state index < -0.39 is 66.8 Å². The number of ether oxygens (including phenoxy) is 7. The Morgan fingerprint density at radius 1 is 0.594 bits per heavy atom. The van der Waals surface area contributed by atoms with Crippen molar-refractivity contribution >= 4 is 41.3 Å². The highest BCUT2D eigenvalue weighted by Crippen LogP contribution is 2.39. The number of hydrogen-bond acceptors (Lipinski definition) is 12. The number of carbonyl (C=O) groups is 5. The SMILES string of the molecule is COc1ccc(Cc2c(Cl)cc(COC(C)=O)cc2O[C@H]2O[C@H](COC(=O)c3ccccc3)[C@@H](C(=O)c3ccccc3)[C@H](OC(=O)c3ccccc3)[C@H]2OC(=O)c2ccccc2)cc1. The fourth-order valence-electron chi connectivity index (χ4n) is 7.15. The van der Waals surface area contributed by atoms with Crippen LogP contribution in [-0.4, -0.2) is 68.0 Å². The third-order valence-electron chi connectivity index (χ3n) is 10.3. The average Bonchev–Trinajstić information content (AvgIpc) is 3.33. The molecule has 0 radical (unpaired) electrons. The summed E-state index contributed by atoms with van der Waals surface area (Å²) in [5.74, 6) is -4.17. The van der Waals surface area contributed by atoms with E-state index >= 15 is 0 Å². The summed E-state index contributed by atoms with van der Waals surface area (Å²) in [5.41, 5.74) is 2.46. The van der Waals surface area contributed by atoms with Crippen LogP contribution in [0.5, 0.6) is 11.5 Å². The molecule has 1 aliphatic heterocycles. The average molecular weight is 883 g/mol. The monoisotopic (exact) mass is 882 g/mol. The van der Waals surface area contributed by atoms with Crippen LogP contribution in [0, 0.1) is 5.92 Å². The van der Waals surface area contributed by atoms with Crippen molar-refractivity contribution in [2.45, 2.75) is 44.6 Å². The second-order valence-corrected chi connectivity index (χ2v) is 15.1. The van der Waals surface area contributed by atoms with Crippen molar-refractivity contribution in [3.05, 3.63) is 202 Å². The molecule has 326 valence electrons. The topological polar surface area (TPSA) is 150 Å². The molecule has 0 spiro atoms. The second-order valence-electron chi connectivity index (χ2n) is 14.7. The highest BCUT2D eigenvalue weighted by atomic mass is 35.5. The summed E-state index contributed by atoms with van der Waals surface area (Å²) in [6.07, 6.45) is -6.07. The number of rotatable bonds is 16. The molecule has 64 heavy (non-hydrogen) atoms. The number of methoxy groups -OCH3 is 1. The van der Waals surface area contributed by atoms with Crippen LogP contribution in [0.25, 0.3) is 0 Å². The summed E-state index contributed by atoms with van der Waals surface area (Å²) in [6.45, 7) is 0.574. The molecule has 1 saturated heterocycles. The van der Waals surface area contributed by atoms with Gasteiger partial charge in [-0.25, -0.2) is 14.4 Å². The maximum absolute atomic E-state index is 14.9. The van der Waals surface area contributed by atoms with Crippen molar-refractivity contribution < 1.29 is 57.1 Å². The first-order valence-corrected chi connectivity index (χ1v) is 20.7. The molecule has 6 aromatic carbocycles. The summed E-state index contributed by atoms with van der Waals surface area (Å²) in [6, 6.07) is 43.2. The predicted octanol–water partition coefficient (Wildman–Crippen LogP) is 8.91. The lowest BCUT2D eigenvalue weighted by molar-refractivity contribution is -0.254. The zero-order valence-corrected chi connectivity index (χ0v) is 35.6. The molecule has 0 aromatic heterocycles. The Morgan fingerprint density at radius 3 is 1.64 bits per heavy atom. The van der Waals surface area contributed by atoms with Crippen molar-refractivity contribution in [1.82, 2.24) is 0 Å². The summed E-state index contributed by atoms with van der Waals surface area (Å²) in [5, 5.41) is 0.238. The molecule has 7 rings (SSSR count). The third kappa shape index (κ3) is 11.2. The number of Topliss-reactive ketones (excluding diaryl/α,β-unsaturated/α-hetero) is 1. The highest BCUT2D eigenvalue weighted by molar-refractivity contribution is 6.31. The van der Waals surface area contributed by atoms with E-state index in [2.05, 4.69) is 0 Å². The van der Waals surface area contributed by atoms with Crippen LogP contribution in [0.2, 0.25) is 5.02 Å². The van der Waals surface area contributed by atoms with Crippen molar-refractivity contribution in [3.8, 4) is 11.5 Å². The fraction of sp³-hybridized carbons (Fsp3) is 0.196. The van der Waals surface area contributed by atoms with Gasteiger partial charge in [0.05, 0.1) is 29.7 Å². The zero-order valence-electron chi connectivity index (χ0n) is 34.8. The van der Waals surface area contributed by atoms with Gasteiger partial charge >= 0.3 is 23.9 Å². The van der Waals surface area contributed by atoms with Crippen LogP contribution >= 0.6 is 11.6 Å². The van der Waals surface area contributed by atoms with Crippen molar-refractivity contribution in [3.63, 3.8) is 0 Å². The van der Waals surface area contributed by atoms with Crippen molar-refractivity contribution in [1.29, 1.82) is 0 Å². The molecule has 1 heterocycles. The number of hydrogen-bond donors (Lipinski definition) is 0. The minimum Gasteiger partial charge on any atom is -0.497 e. The van der Waals surface area contributed by atoms with Crippen LogP contribution in [0.3, 0.4) is 0 Å². The van der Waals surface area contributed by atoms with Crippen LogP contribution in [-0.2, 0) is 41.5 Å². The zero-order chi connectivity index (χ0) is 45.0. The number of carbonyl (C=O) groups excluding carboxylic acids is 5. The molecular formula is C51H43ClO12. The molecule has 12 nitrogen and oxygen atoms in total. The molecule has 0 N–H and O–H groups in total. The first kappa shape index (κ1) is 44.8. The van der Waals surface area contributed by atoms with Gasteiger partial charge in [0.2, 0.25) is 12.4 Å². The van der Waals surface area contributed by atoms with Gasteiger partial charge in [0, 0.05) is 29.5 Å². The fourth-order valence-corrected chi connectivity index (χ4v) is 7.45. The van der Waals surface area contributed by atoms with Crippen molar-refractivity contribution in [2.75, 3.05) is 13.7 Å². The maximum atomic E-state index is 14.9. The number of benzene rings is 6. The lowest BCUT2D eigenvalue weighted by Gasteiger charge is -2.44. The standard InChI is InChI=1S/C51H43ClO12/c1-32(53)59-30-34-28-41(52)40(27-33-23-25-39(58-2)26-24-33)42(29-34)61-51-47(64-50(57)38-21-13-6-14-22-38)46(63-49(56)37-19-11-5-12-20-37)44(45(54)35-15-7-3-8-16-35)43(62-51)31-60-48(55)36-17-9-4-10-18-36/h3-26,28-29,43-44,46-47,51H,27,30-31H2,1-2H3/t43-,44+,46+,47-,51+/m1/s1. The van der Waals surface area contributed by atoms with Gasteiger partial charge in [-0.1, -0.05) is 109 Å². The van der Waals surface area contributed by atoms with E-state index in [1.807, 2.05) is 12.1 Å². The Balaban J connectivity index is 1.37. The second kappa shape index (κ2) is 21.2. The maximum Gasteiger partial charge on any atom is 0.338 e. The number of esters is 4. The van der Waals surface area contributed by atoms with E-state index in [-0.39, 0.29) is 46.1 Å². The molecule has 5 atom stereocenters. The van der Waals surface area contributed by atoms with E-state index in [9.17, 15) is 24.0 Å².